The maximum absolute atomic E-state index is 10.5. The highest BCUT2D eigenvalue weighted by Crippen LogP contribution is 1.86. The summed E-state index contributed by atoms with van der Waals surface area (Å²) >= 11 is 0. The number of halogens is 1. The van der Waals surface area contributed by atoms with Crippen LogP contribution in [-0.2, 0) is 9.53 Å². The van der Waals surface area contributed by atoms with Crippen molar-refractivity contribution in [3.63, 3.8) is 0 Å². The molecule has 0 unspecified atom stereocenters. The molecule has 0 heterocycles. The average Bonchev–Trinajstić information content (AvgIpc) is 1.97. The molecule has 0 saturated carbocycles. The Morgan fingerprint density at radius 1 is 1.58 bits per heavy atom. The summed E-state index contributed by atoms with van der Waals surface area (Å²) in [5, 5.41) is 0. The second kappa shape index (κ2) is 8.99. The zero-order valence-electron chi connectivity index (χ0n) is 7.58. The van der Waals surface area contributed by atoms with E-state index in [9.17, 15) is 4.79 Å². The Labute approximate surface area is 90.8 Å². The van der Waals surface area contributed by atoms with E-state index in [0.29, 0.717) is 6.61 Å². The quantitative estimate of drug-likeness (QED) is 0.330. The Kier molecular flexibility index (Phi) is 10.8. The molecular formula is C8H16INO2. The second-order valence-electron chi connectivity index (χ2n) is 2.53. The van der Waals surface area contributed by atoms with E-state index in [0.717, 1.165) is 13.0 Å². The molecule has 0 spiro atoms. The zero-order valence-corrected chi connectivity index (χ0v) is 9.91. The molecule has 0 aliphatic heterocycles. The van der Waals surface area contributed by atoms with Crippen molar-refractivity contribution in [2.75, 3.05) is 27.2 Å². The van der Waals surface area contributed by atoms with Crippen molar-refractivity contribution in [2.24, 2.45) is 0 Å². The van der Waals surface area contributed by atoms with E-state index in [-0.39, 0.29) is 29.9 Å². The van der Waals surface area contributed by atoms with Gasteiger partial charge in [-0.2, -0.15) is 0 Å². The monoisotopic (exact) mass is 285 g/mol. The van der Waals surface area contributed by atoms with Crippen LogP contribution >= 0.6 is 24.0 Å². The van der Waals surface area contributed by atoms with Gasteiger partial charge in [-0.3, -0.25) is 0 Å². The van der Waals surface area contributed by atoms with Gasteiger partial charge in [-0.05, 0) is 20.5 Å². The van der Waals surface area contributed by atoms with Gasteiger partial charge in [0.1, 0.15) is 0 Å². The number of carbonyl (C=O) groups is 1. The number of rotatable bonds is 5. The standard InChI is InChI=1S/C8H15NO2.HI/c1-4-8(10)11-7-5-6-9(2)3;/h4H,1,5-7H2,2-3H3;1H. The molecule has 3 nitrogen and oxygen atoms in total. The average molecular weight is 285 g/mol. The summed E-state index contributed by atoms with van der Waals surface area (Å²) in [4.78, 5) is 12.5. The molecule has 0 aromatic carbocycles. The van der Waals surface area contributed by atoms with Crippen molar-refractivity contribution in [3.8, 4) is 0 Å². The van der Waals surface area contributed by atoms with Crippen LogP contribution in [0, 0.1) is 0 Å². The third kappa shape index (κ3) is 9.90. The molecule has 0 rings (SSSR count). The highest BCUT2D eigenvalue weighted by molar-refractivity contribution is 14.0. The summed E-state index contributed by atoms with van der Waals surface area (Å²) in [6, 6.07) is 0. The molecule has 0 aromatic rings. The van der Waals surface area contributed by atoms with Crippen LogP contribution in [0.2, 0.25) is 0 Å². The minimum atomic E-state index is -0.344. The molecule has 0 bridgehead atoms. The van der Waals surface area contributed by atoms with Crippen LogP contribution in [0.15, 0.2) is 12.7 Å². The summed E-state index contributed by atoms with van der Waals surface area (Å²) in [7, 11) is 3.96. The molecule has 0 N–H and O–H groups in total. The number of hydrogen-bond donors (Lipinski definition) is 0. The second-order valence-corrected chi connectivity index (χ2v) is 2.53. The van der Waals surface area contributed by atoms with Crippen LogP contribution in [-0.4, -0.2) is 38.1 Å². The van der Waals surface area contributed by atoms with Gasteiger partial charge in [0.2, 0.25) is 0 Å². The molecule has 72 valence electrons. The van der Waals surface area contributed by atoms with E-state index < -0.39 is 0 Å². The molecule has 0 fully saturated rings. The molecule has 4 heteroatoms. The van der Waals surface area contributed by atoms with Crippen LogP contribution in [0.25, 0.3) is 0 Å². The van der Waals surface area contributed by atoms with Gasteiger partial charge in [-0.15, -0.1) is 24.0 Å². The maximum Gasteiger partial charge on any atom is 0.330 e. The van der Waals surface area contributed by atoms with Gasteiger partial charge in [-0.1, -0.05) is 6.58 Å². The fourth-order valence-electron chi connectivity index (χ4n) is 0.612. The van der Waals surface area contributed by atoms with Gasteiger partial charge in [0.05, 0.1) is 6.61 Å². The predicted octanol–water partition coefficient (Wildman–Crippen LogP) is 1.29. The number of nitrogens with zero attached hydrogens (tertiary/aromatic N) is 1. The molecule has 0 atom stereocenters. The smallest absolute Gasteiger partial charge is 0.330 e. The maximum atomic E-state index is 10.5. The molecule has 0 aliphatic carbocycles. The number of hydrogen-bond acceptors (Lipinski definition) is 3. The highest BCUT2D eigenvalue weighted by atomic mass is 127. The van der Waals surface area contributed by atoms with Gasteiger partial charge < -0.3 is 9.64 Å². The molecule has 12 heavy (non-hydrogen) atoms. The van der Waals surface area contributed by atoms with E-state index in [4.69, 9.17) is 4.74 Å². The largest absolute Gasteiger partial charge is 0.462 e. The van der Waals surface area contributed by atoms with Crippen molar-refractivity contribution in [2.45, 2.75) is 6.42 Å². The van der Waals surface area contributed by atoms with Gasteiger partial charge in [0.25, 0.3) is 0 Å². The lowest BCUT2D eigenvalue weighted by Crippen LogP contribution is -2.15. The Bertz CT molecular complexity index is 137. The van der Waals surface area contributed by atoms with Crippen molar-refractivity contribution in [1.82, 2.24) is 4.90 Å². The van der Waals surface area contributed by atoms with Crippen molar-refractivity contribution in [1.29, 1.82) is 0 Å². The summed E-state index contributed by atoms with van der Waals surface area (Å²) in [5.41, 5.74) is 0. The lowest BCUT2D eigenvalue weighted by molar-refractivity contribution is -0.137. The van der Waals surface area contributed by atoms with Crippen LogP contribution < -0.4 is 0 Å². The lowest BCUT2D eigenvalue weighted by atomic mass is 10.4. The van der Waals surface area contributed by atoms with E-state index in [1.165, 1.54) is 6.08 Å². The normalized spacial score (nSPS) is 8.92. The Balaban J connectivity index is 0. The molecule has 0 aromatic heterocycles. The third-order valence-electron chi connectivity index (χ3n) is 1.16. The first-order valence-corrected chi connectivity index (χ1v) is 3.60. The molecular weight excluding hydrogens is 269 g/mol. The SMILES string of the molecule is C=CC(=O)OCCCN(C)C.I. The van der Waals surface area contributed by atoms with E-state index >= 15 is 0 Å². The fourth-order valence-corrected chi connectivity index (χ4v) is 0.612. The van der Waals surface area contributed by atoms with Crippen molar-refractivity contribution >= 4 is 29.9 Å². The first kappa shape index (κ1) is 14.4. The van der Waals surface area contributed by atoms with Crippen LogP contribution in [0.3, 0.4) is 0 Å². The van der Waals surface area contributed by atoms with Gasteiger partial charge >= 0.3 is 5.97 Å². The van der Waals surface area contributed by atoms with Gasteiger partial charge in [0.15, 0.2) is 0 Å². The molecule has 0 aliphatic rings. The van der Waals surface area contributed by atoms with Gasteiger partial charge in [0, 0.05) is 12.6 Å². The summed E-state index contributed by atoms with van der Waals surface area (Å²) in [5.74, 6) is -0.344. The van der Waals surface area contributed by atoms with E-state index in [1.54, 1.807) is 0 Å². The first-order valence-electron chi connectivity index (χ1n) is 3.60. The van der Waals surface area contributed by atoms with Crippen molar-refractivity contribution in [3.05, 3.63) is 12.7 Å². The van der Waals surface area contributed by atoms with Crippen LogP contribution in [0.5, 0.6) is 0 Å². The van der Waals surface area contributed by atoms with Crippen molar-refractivity contribution < 1.29 is 9.53 Å². The minimum absolute atomic E-state index is 0. The molecule has 0 amide bonds. The molecule has 0 radical (unpaired) electrons. The predicted molar refractivity (Wildman–Crippen MR) is 59.7 cm³/mol. The topological polar surface area (TPSA) is 29.5 Å². The Morgan fingerprint density at radius 2 is 2.17 bits per heavy atom. The number of ether oxygens (including phenoxy) is 1. The summed E-state index contributed by atoms with van der Waals surface area (Å²) in [6.45, 7) is 4.70. The summed E-state index contributed by atoms with van der Waals surface area (Å²) in [6.07, 6.45) is 2.04. The summed E-state index contributed by atoms with van der Waals surface area (Å²) < 4.78 is 4.76. The minimum Gasteiger partial charge on any atom is -0.462 e. The number of carbonyl (C=O) groups excluding carboxylic acids is 1. The van der Waals surface area contributed by atoms with E-state index in [1.807, 2.05) is 19.0 Å². The fraction of sp³-hybridized carbons (Fsp3) is 0.625. The Hall–Kier alpha value is -0.100. The molecule has 0 saturated heterocycles. The number of esters is 1. The van der Waals surface area contributed by atoms with Crippen LogP contribution in [0.4, 0.5) is 0 Å². The lowest BCUT2D eigenvalue weighted by Gasteiger charge is -2.08. The zero-order chi connectivity index (χ0) is 8.69. The van der Waals surface area contributed by atoms with Crippen LogP contribution in [0.1, 0.15) is 6.42 Å². The Morgan fingerprint density at radius 3 is 2.58 bits per heavy atom. The third-order valence-corrected chi connectivity index (χ3v) is 1.16. The van der Waals surface area contributed by atoms with Gasteiger partial charge in [-0.25, -0.2) is 4.79 Å². The highest BCUT2D eigenvalue weighted by Gasteiger charge is 1.94. The van der Waals surface area contributed by atoms with E-state index in [2.05, 4.69) is 6.58 Å². The first-order chi connectivity index (χ1) is 5.16.